The Labute approximate surface area is 115 Å². The van der Waals surface area contributed by atoms with Gasteiger partial charge in [0.25, 0.3) is 0 Å². The van der Waals surface area contributed by atoms with Crippen LogP contribution in [-0.2, 0) is 9.59 Å². The number of amides is 2. The second kappa shape index (κ2) is 8.15. The van der Waals surface area contributed by atoms with E-state index in [1.807, 2.05) is 11.8 Å². The normalized spacial score (nSPS) is 18.2. The van der Waals surface area contributed by atoms with Crippen LogP contribution in [0.25, 0.3) is 0 Å². The number of nitrogens with two attached hydrogens (primary N) is 1. The molecule has 1 aliphatic heterocycles. The zero-order valence-corrected chi connectivity index (χ0v) is 12.2. The summed E-state index contributed by atoms with van der Waals surface area (Å²) in [5, 5.41) is 2.85. The molecule has 19 heavy (non-hydrogen) atoms. The fourth-order valence-corrected chi connectivity index (χ4v) is 2.36. The Morgan fingerprint density at radius 2 is 2.00 bits per heavy atom. The summed E-state index contributed by atoms with van der Waals surface area (Å²) in [5.74, 6) is 0.810. The van der Waals surface area contributed by atoms with Crippen LogP contribution in [0.3, 0.4) is 0 Å². The van der Waals surface area contributed by atoms with Crippen molar-refractivity contribution in [3.8, 4) is 0 Å². The first-order valence-corrected chi connectivity index (χ1v) is 7.34. The van der Waals surface area contributed by atoms with Gasteiger partial charge in [0.15, 0.2) is 0 Å². The zero-order valence-electron chi connectivity index (χ0n) is 12.2. The van der Waals surface area contributed by atoms with Gasteiger partial charge in [-0.3, -0.25) is 9.59 Å². The number of nitrogens with one attached hydrogen (secondary N) is 1. The SMILES string of the molecule is CCNC(=O)C1CCN(C(=O)CCC(C)CN)CC1. The molecule has 1 heterocycles. The lowest BCUT2D eigenvalue weighted by Crippen LogP contribution is -2.43. The summed E-state index contributed by atoms with van der Waals surface area (Å²) in [5.41, 5.74) is 5.55. The van der Waals surface area contributed by atoms with Crippen LogP contribution >= 0.6 is 0 Å². The summed E-state index contributed by atoms with van der Waals surface area (Å²) >= 11 is 0. The van der Waals surface area contributed by atoms with Crippen molar-refractivity contribution in [2.45, 2.75) is 39.5 Å². The van der Waals surface area contributed by atoms with Crippen LogP contribution in [0.4, 0.5) is 0 Å². The van der Waals surface area contributed by atoms with Crippen molar-refractivity contribution in [1.29, 1.82) is 0 Å². The Bertz CT molecular complexity index is 299. The van der Waals surface area contributed by atoms with Gasteiger partial charge in [-0.2, -0.15) is 0 Å². The van der Waals surface area contributed by atoms with E-state index in [0.717, 1.165) is 19.3 Å². The third-order valence-electron chi connectivity index (χ3n) is 3.82. The lowest BCUT2D eigenvalue weighted by Gasteiger charge is -2.31. The molecule has 1 saturated heterocycles. The van der Waals surface area contributed by atoms with E-state index in [1.54, 1.807) is 0 Å². The minimum absolute atomic E-state index is 0.0759. The molecule has 0 bridgehead atoms. The summed E-state index contributed by atoms with van der Waals surface area (Å²) in [6.07, 6.45) is 2.99. The van der Waals surface area contributed by atoms with Crippen LogP contribution < -0.4 is 11.1 Å². The van der Waals surface area contributed by atoms with Crippen LogP contribution in [-0.4, -0.2) is 42.9 Å². The Morgan fingerprint density at radius 1 is 1.37 bits per heavy atom. The van der Waals surface area contributed by atoms with E-state index in [-0.39, 0.29) is 17.7 Å². The third-order valence-corrected chi connectivity index (χ3v) is 3.82. The van der Waals surface area contributed by atoms with Gasteiger partial charge in [0.05, 0.1) is 0 Å². The van der Waals surface area contributed by atoms with Gasteiger partial charge in [-0.1, -0.05) is 6.92 Å². The molecule has 0 aliphatic carbocycles. The molecule has 1 fully saturated rings. The van der Waals surface area contributed by atoms with Gasteiger partial charge in [-0.05, 0) is 38.6 Å². The number of carbonyl (C=O) groups is 2. The average Bonchev–Trinajstić information content (AvgIpc) is 2.44. The average molecular weight is 269 g/mol. The van der Waals surface area contributed by atoms with Crippen LogP contribution in [0.15, 0.2) is 0 Å². The molecule has 0 aromatic carbocycles. The highest BCUT2D eigenvalue weighted by Crippen LogP contribution is 2.18. The molecule has 1 aliphatic rings. The molecule has 0 aromatic rings. The minimum atomic E-state index is 0.0759. The van der Waals surface area contributed by atoms with Gasteiger partial charge in [-0.15, -0.1) is 0 Å². The van der Waals surface area contributed by atoms with Crippen molar-refractivity contribution in [2.75, 3.05) is 26.2 Å². The molecule has 1 atom stereocenters. The molecule has 0 saturated carbocycles. The molecule has 1 unspecified atom stereocenters. The van der Waals surface area contributed by atoms with E-state index in [4.69, 9.17) is 5.73 Å². The number of nitrogens with zero attached hydrogens (tertiary/aromatic N) is 1. The number of likely N-dealkylation sites (tertiary alicyclic amines) is 1. The van der Waals surface area contributed by atoms with Crippen LogP contribution in [0.1, 0.15) is 39.5 Å². The summed E-state index contributed by atoms with van der Waals surface area (Å²) < 4.78 is 0. The van der Waals surface area contributed by atoms with E-state index in [9.17, 15) is 9.59 Å². The predicted molar refractivity (Wildman–Crippen MR) is 75.4 cm³/mol. The number of rotatable bonds is 6. The van der Waals surface area contributed by atoms with E-state index in [2.05, 4.69) is 12.2 Å². The molecule has 0 aromatic heterocycles. The summed E-state index contributed by atoms with van der Waals surface area (Å²) in [7, 11) is 0. The number of piperidine rings is 1. The van der Waals surface area contributed by atoms with E-state index in [0.29, 0.717) is 38.5 Å². The number of carbonyl (C=O) groups excluding carboxylic acids is 2. The lowest BCUT2D eigenvalue weighted by molar-refractivity contribution is -0.135. The maximum Gasteiger partial charge on any atom is 0.223 e. The highest BCUT2D eigenvalue weighted by molar-refractivity contribution is 5.80. The maximum atomic E-state index is 12.0. The van der Waals surface area contributed by atoms with E-state index < -0.39 is 0 Å². The van der Waals surface area contributed by atoms with Gasteiger partial charge in [0.2, 0.25) is 11.8 Å². The second-order valence-corrected chi connectivity index (χ2v) is 5.43. The van der Waals surface area contributed by atoms with Gasteiger partial charge >= 0.3 is 0 Å². The first-order chi connectivity index (χ1) is 9.08. The van der Waals surface area contributed by atoms with Crippen LogP contribution in [0, 0.1) is 11.8 Å². The molecular formula is C14H27N3O2. The quantitative estimate of drug-likeness (QED) is 0.746. The highest BCUT2D eigenvalue weighted by atomic mass is 16.2. The maximum absolute atomic E-state index is 12.0. The summed E-state index contributed by atoms with van der Waals surface area (Å²) in [4.78, 5) is 25.6. The monoisotopic (exact) mass is 269 g/mol. The smallest absolute Gasteiger partial charge is 0.223 e. The summed E-state index contributed by atoms with van der Waals surface area (Å²) in [6.45, 7) is 6.71. The second-order valence-electron chi connectivity index (χ2n) is 5.43. The van der Waals surface area contributed by atoms with Gasteiger partial charge in [0.1, 0.15) is 0 Å². The molecule has 5 heteroatoms. The van der Waals surface area contributed by atoms with E-state index >= 15 is 0 Å². The molecular weight excluding hydrogens is 242 g/mol. The van der Waals surface area contributed by atoms with Crippen LogP contribution in [0.2, 0.25) is 0 Å². The van der Waals surface area contributed by atoms with Crippen molar-refractivity contribution in [3.05, 3.63) is 0 Å². The topological polar surface area (TPSA) is 75.4 Å². The standard InChI is InChI=1S/C14H27N3O2/c1-3-16-14(19)12-6-8-17(9-7-12)13(18)5-4-11(2)10-15/h11-12H,3-10,15H2,1-2H3,(H,16,19). The minimum Gasteiger partial charge on any atom is -0.356 e. The van der Waals surface area contributed by atoms with Gasteiger partial charge in [0, 0.05) is 32.0 Å². The Balaban J connectivity index is 2.29. The predicted octanol–water partition coefficient (Wildman–Crippen LogP) is 0.736. The van der Waals surface area contributed by atoms with E-state index in [1.165, 1.54) is 0 Å². The number of hydrogen-bond acceptors (Lipinski definition) is 3. The first kappa shape index (κ1) is 16.0. The molecule has 5 nitrogen and oxygen atoms in total. The third kappa shape index (κ3) is 5.19. The molecule has 3 N–H and O–H groups in total. The number of hydrogen-bond donors (Lipinski definition) is 2. The van der Waals surface area contributed by atoms with Crippen LogP contribution in [0.5, 0.6) is 0 Å². The molecule has 0 spiro atoms. The first-order valence-electron chi connectivity index (χ1n) is 7.34. The molecule has 110 valence electrons. The van der Waals surface area contributed by atoms with Gasteiger partial charge < -0.3 is 16.0 Å². The molecule has 2 amide bonds. The summed E-state index contributed by atoms with van der Waals surface area (Å²) in [6, 6.07) is 0. The van der Waals surface area contributed by atoms with Gasteiger partial charge in [-0.25, -0.2) is 0 Å². The van der Waals surface area contributed by atoms with Crippen molar-refractivity contribution < 1.29 is 9.59 Å². The Hall–Kier alpha value is -1.10. The molecule has 1 rings (SSSR count). The van der Waals surface area contributed by atoms with Crippen molar-refractivity contribution in [3.63, 3.8) is 0 Å². The zero-order chi connectivity index (χ0) is 14.3. The Morgan fingerprint density at radius 3 is 2.53 bits per heavy atom. The Kier molecular flexibility index (Phi) is 6.84. The largest absolute Gasteiger partial charge is 0.356 e. The highest BCUT2D eigenvalue weighted by Gasteiger charge is 2.26. The van der Waals surface area contributed by atoms with Crippen molar-refractivity contribution in [1.82, 2.24) is 10.2 Å². The molecule has 0 radical (unpaired) electrons. The van der Waals surface area contributed by atoms with Crippen molar-refractivity contribution >= 4 is 11.8 Å². The fourth-order valence-electron chi connectivity index (χ4n) is 2.36. The lowest BCUT2D eigenvalue weighted by atomic mass is 9.95. The van der Waals surface area contributed by atoms with Crippen molar-refractivity contribution in [2.24, 2.45) is 17.6 Å². The fraction of sp³-hybridized carbons (Fsp3) is 0.857.